The van der Waals surface area contributed by atoms with Crippen molar-refractivity contribution in [1.82, 2.24) is 5.43 Å². The molecule has 0 spiro atoms. The van der Waals surface area contributed by atoms with Crippen LogP contribution in [0, 0.1) is 10.1 Å². The summed E-state index contributed by atoms with van der Waals surface area (Å²) in [5.74, 6) is 0.572. The second-order valence-electron chi connectivity index (χ2n) is 7.86. The summed E-state index contributed by atoms with van der Waals surface area (Å²) in [6.07, 6.45) is 1.29. The molecule has 1 amide bonds. The van der Waals surface area contributed by atoms with Crippen molar-refractivity contribution in [2.24, 2.45) is 5.10 Å². The quantitative estimate of drug-likeness (QED) is 0.162. The lowest BCUT2D eigenvalue weighted by Crippen LogP contribution is -2.20. The van der Waals surface area contributed by atoms with Gasteiger partial charge in [0.2, 0.25) is 5.91 Å². The van der Waals surface area contributed by atoms with Gasteiger partial charge >= 0.3 is 0 Å². The van der Waals surface area contributed by atoms with E-state index in [0.29, 0.717) is 33.7 Å². The summed E-state index contributed by atoms with van der Waals surface area (Å²) in [5.41, 5.74) is 4.28. The van der Waals surface area contributed by atoms with Crippen LogP contribution in [0.25, 0.3) is 10.8 Å². The van der Waals surface area contributed by atoms with Crippen LogP contribution >= 0.6 is 15.9 Å². The Kier molecular flexibility index (Phi) is 7.92. The first-order valence-electron chi connectivity index (χ1n) is 11.0. The smallest absolute Gasteiger partial charge is 0.273 e. The summed E-state index contributed by atoms with van der Waals surface area (Å²) in [5, 5.41) is 17.4. The van der Waals surface area contributed by atoms with Gasteiger partial charge in [-0.05, 0) is 56.0 Å². The zero-order valence-electron chi connectivity index (χ0n) is 19.3. The molecule has 1 N–H and O–H groups in total. The molecule has 4 rings (SSSR count). The third-order valence-corrected chi connectivity index (χ3v) is 5.98. The summed E-state index contributed by atoms with van der Waals surface area (Å²) in [6, 6.07) is 23.9. The lowest BCUT2D eigenvalue weighted by molar-refractivity contribution is -0.385. The molecule has 4 aromatic carbocycles. The number of hydrogen-bond acceptors (Lipinski definition) is 6. The molecule has 8 nitrogen and oxygen atoms in total. The van der Waals surface area contributed by atoms with Gasteiger partial charge in [0.1, 0.15) is 6.61 Å². The number of nitrogens with one attached hydrogen (secondary N) is 1. The predicted molar refractivity (Wildman–Crippen MR) is 142 cm³/mol. The molecule has 0 unspecified atom stereocenters. The number of halogens is 1. The van der Waals surface area contributed by atoms with Gasteiger partial charge in [0, 0.05) is 11.6 Å². The molecule has 0 fully saturated rings. The van der Waals surface area contributed by atoms with E-state index in [4.69, 9.17) is 9.47 Å². The van der Waals surface area contributed by atoms with Crippen molar-refractivity contribution in [2.75, 3.05) is 7.11 Å². The van der Waals surface area contributed by atoms with E-state index in [1.54, 1.807) is 37.4 Å². The van der Waals surface area contributed by atoms with Crippen LogP contribution in [-0.4, -0.2) is 24.2 Å². The van der Waals surface area contributed by atoms with Crippen LogP contribution in [0.1, 0.15) is 16.7 Å². The fourth-order valence-electron chi connectivity index (χ4n) is 3.67. The number of hydrogen-bond donors (Lipinski definition) is 1. The first-order chi connectivity index (χ1) is 17.4. The Morgan fingerprint density at radius 1 is 1.06 bits per heavy atom. The van der Waals surface area contributed by atoms with Crippen LogP contribution in [0.2, 0.25) is 0 Å². The summed E-state index contributed by atoms with van der Waals surface area (Å²) < 4.78 is 12.2. The zero-order valence-corrected chi connectivity index (χ0v) is 20.9. The van der Waals surface area contributed by atoms with Crippen molar-refractivity contribution in [3.8, 4) is 11.5 Å². The number of para-hydroxylation sites is 1. The van der Waals surface area contributed by atoms with Crippen LogP contribution in [0.3, 0.4) is 0 Å². The zero-order chi connectivity index (χ0) is 25.5. The lowest BCUT2D eigenvalue weighted by Gasteiger charge is -2.14. The summed E-state index contributed by atoms with van der Waals surface area (Å²) in [4.78, 5) is 22.8. The van der Waals surface area contributed by atoms with Crippen molar-refractivity contribution in [3.05, 3.63) is 110 Å². The Bertz CT molecular complexity index is 1450. The molecule has 0 bridgehead atoms. The molecule has 0 radical (unpaired) electrons. The monoisotopic (exact) mass is 547 g/mol. The van der Waals surface area contributed by atoms with E-state index in [0.717, 1.165) is 16.3 Å². The number of rotatable bonds is 9. The fraction of sp³-hybridized carbons (Fsp3) is 0.111. The number of amides is 1. The standard InChI is InChI=1S/C27H22BrN3O5/c1-35-25-14-19(16-29-30-26(32)15-22-8-4-5-9-24(22)31(33)34)13-23(28)27(25)36-17-18-10-11-20-6-2-3-7-21(20)12-18/h2-14,16H,15,17H2,1H3,(H,30,32)/b29-16+. The summed E-state index contributed by atoms with van der Waals surface area (Å²) in [6.45, 7) is 0.356. The molecule has 36 heavy (non-hydrogen) atoms. The number of nitro benzene ring substituents is 1. The largest absolute Gasteiger partial charge is 0.493 e. The van der Waals surface area contributed by atoms with Gasteiger partial charge in [-0.15, -0.1) is 0 Å². The normalized spacial score (nSPS) is 10.9. The number of methoxy groups -OCH3 is 1. The van der Waals surface area contributed by atoms with E-state index >= 15 is 0 Å². The SMILES string of the molecule is COc1cc(/C=N/NC(=O)Cc2ccccc2[N+](=O)[O-])cc(Br)c1OCc1ccc2ccccc2c1. The Morgan fingerprint density at radius 3 is 2.58 bits per heavy atom. The van der Waals surface area contributed by atoms with Gasteiger partial charge in [-0.25, -0.2) is 5.43 Å². The molecule has 182 valence electrons. The van der Waals surface area contributed by atoms with Gasteiger partial charge in [0.25, 0.3) is 5.69 Å². The number of ether oxygens (including phenoxy) is 2. The van der Waals surface area contributed by atoms with Crippen molar-refractivity contribution in [1.29, 1.82) is 0 Å². The molecule has 0 aliphatic heterocycles. The molecule has 0 saturated carbocycles. The molecular weight excluding hydrogens is 526 g/mol. The highest BCUT2D eigenvalue weighted by molar-refractivity contribution is 9.10. The van der Waals surface area contributed by atoms with Crippen molar-refractivity contribution >= 4 is 44.5 Å². The summed E-state index contributed by atoms with van der Waals surface area (Å²) in [7, 11) is 1.54. The van der Waals surface area contributed by atoms with Crippen LogP contribution < -0.4 is 14.9 Å². The molecule has 0 aliphatic rings. The predicted octanol–water partition coefficient (Wildman–Crippen LogP) is 5.79. The van der Waals surface area contributed by atoms with Gasteiger partial charge in [-0.2, -0.15) is 5.10 Å². The number of carbonyl (C=O) groups is 1. The fourth-order valence-corrected chi connectivity index (χ4v) is 4.24. The maximum absolute atomic E-state index is 12.2. The first-order valence-corrected chi connectivity index (χ1v) is 11.8. The minimum Gasteiger partial charge on any atom is -0.493 e. The average Bonchev–Trinajstić information content (AvgIpc) is 2.87. The Labute approximate surface area is 215 Å². The van der Waals surface area contributed by atoms with E-state index in [9.17, 15) is 14.9 Å². The minimum absolute atomic E-state index is 0.107. The molecule has 9 heteroatoms. The topological polar surface area (TPSA) is 103 Å². The van der Waals surface area contributed by atoms with Gasteiger partial charge in [-0.1, -0.05) is 54.6 Å². The Morgan fingerprint density at radius 2 is 1.81 bits per heavy atom. The number of nitro groups is 1. The third-order valence-electron chi connectivity index (χ3n) is 5.39. The van der Waals surface area contributed by atoms with Crippen molar-refractivity contribution in [3.63, 3.8) is 0 Å². The Hall–Kier alpha value is -4.24. The highest BCUT2D eigenvalue weighted by Crippen LogP contribution is 2.37. The first kappa shape index (κ1) is 24.9. The minimum atomic E-state index is -0.515. The second-order valence-corrected chi connectivity index (χ2v) is 8.71. The maximum Gasteiger partial charge on any atom is 0.273 e. The van der Waals surface area contributed by atoms with Crippen LogP contribution in [-0.2, 0) is 17.8 Å². The van der Waals surface area contributed by atoms with E-state index in [1.165, 1.54) is 12.3 Å². The highest BCUT2D eigenvalue weighted by Gasteiger charge is 2.15. The van der Waals surface area contributed by atoms with Gasteiger partial charge in [-0.3, -0.25) is 14.9 Å². The maximum atomic E-state index is 12.2. The van der Waals surface area contributed by atoms with Gasteiger partial charge in [0.15, 0.2) is 11.5 Å². The van der Waals surface area contributed by atoms with Crippen molar-refractivity contribution < 1.29 is 19.2 Å². The molecule has 0 saturated heterocycles. The number of nitrogens with zero attached hydrogens (tertiary/aromatic N) is 2. The van der Waals surface area contributed by atoms with E-state index in [2.05, 4.69) is 50.7 Å². The molecular formula is C27H22BrN3O5. The lowest BCUT2D eigenvalue weighted by atomic mass is 10.1. The van der Waals surface area contributed by atoms with Crippen LogP contribution in [0.5, 0.6) is 11.5 Å². The third kappa shape index (κ3) is 6.05. The van der Waals surface area contributed by atoms with Gasteiger partial charge < -0.3 is 9.47 Å². The van der Waals surface area contributed by atoms with Crippen LogP contribution in [0.15, 0.2) is 88.4 Å². The Balaban J connectivity index is 1.41. The summed E-state index contributed by atoms with van der Waals surface area (Å²) >= 11 is 3.52. The van der Waals surface area contributed by atoms with E-state index < -0.39 is 10.8 Å². The second kappa shape index (κ2) is 11.5. The highest BCUT2D eigenvalue weighted by atomic mass is 79.9. The average molecular weight is 548 g/mol. The van der Waals surface area contributed by atoms with Crippen LogP contribution in [0.4, 0.5) is 5.69 Å². The molecule has 0 atom stereocenters. The molecule has 4 aromatic rings. The van der Waals surface area contributed by atoms with E-state index in [1.807, 2.05) is 18.2 Å². The number of hydrazone groups is 1. The van der Waals surface area contributed by atoms with Crippen molar-refractivity contribution in [2.45, 2.75) is 13.0 Å². The number of benzene rings is 4. The molecule has 0 heterocycles. The number of carbonyl (C=O) groups excluding carboxylic acids is 1. The van der Waals surface area contributed by atoms with Gasteiger partial charge in [0.05, 0.1) is 29.1 Å². The number of fused-ring (bicyclic) bond motifs is 1. The van der Waals surface area contributed by atoms with E-state index in [-0.39, 0.29) is 12.1 Å². The molecule has 0 aliphatic carbocycles. The molecule has 0 aromatic heterocycles.